The molecule has 0 saturated heterocycles. The smallest absolute Gasteiger partial charge is 0.338 e. The monoisotopic (exact) mass is 1710 g/mol. The van der Waals surface area contributed by atoms with E-state index >= 15 is 0 Å². The lowest BCUT2D eigenvalue weighted by atomic mass is 10.0. The molecule has 0 amide bonds. The summed E-state index contributed by atoms with van der Waals surface area (Å²) in [5.74, 6) is -1.20. The highest BCUT2D eigenvalue weighted by molar-refractivity contribution is 7.95. The molecule has 0 unspecified atom stereocenters. The molecule has 0 atom stereocenters. The molecule has 0 aliphatic rings. The molecule has 0 aliphatic carbocycles. The van der Waals surface area contributed by atoms with E-state index in [0.717, 1.165) is 30.3 Å². The molecule has 0 heterocycles. The third kappa shape index (κ3) is 18.1. The van der Waals surface area contributed by atoms with Crippen molar-refractivity contribution in [3.05, 3.63) is 118 Å². The molecule has 0 fully saturated rings. The van der Waals surface area contributed by atoms with E-state index in [1.807, 2.05) is 0 Å². The fourth-order valence-corrected chi connectivity index (χ4v) is 15.5. The van der Waals surface area contributed by atoms with Crippen LogP contribution in [0.5, 0.6) is 23.0 Å². The average molecular weight is 1710 g/mol. The number of aromatic carboxylic acids is 1. The van der Waals surface area contributed by atoms with Crippen molar-refractivity contribution < 1.29 is 155 Å². The van der Waals surface area contributed by atoms with Crippen molar-refractivity contribution >= 4 is 201 Å². The number of phenolic OH excluding ortho intramolecular Hbond substituents is 3. The van der Waals surface area contributed by atoms with Gasteiger partial charge in [0.2, 0.25) is 0 Å². The van der Waals surface area contributed by atoms with Gasteiger partial charge in [-0.3, -0.25) is 37.4 Å². The molecule has 0 saturated carbocycles. The molecule has 0 aromatic heterocycles. The number of nitrogens with zero attached hydrogens (tertiary/aromatic N) is 11. The number of nitrogens with two attached hydrogens (primary N) is 2. The van der Waals surface area contributed by atoms with Crippen LogP contribution in [0.1, 0.15) is 22.3 Å². The second kappa shape index (κ2) is 32.2. The Balaban J connectivity index is 1.15. The first kappa shape index (κ1) is 83.5. The molecule has 16 N–H and O–H groups in total. The minimum atomic E-state index is -5.91. The first-order chi connectivity index (χ1) is 51.2. The zero-order valence-electron chi connectivity index (χ0n) is 53.4. The van der Waals surface area contributed by atoms with Gasteiger partial charge in [-0.2, -0.15) is 74.2 Å². The number of hydrogen-bond acceptors (Lipinski definition) is 42. The van der Waals surface area contributed by atoms with E-state index in [4.69, 9.17) is 26.9 Å². The number of anilines is 1. The van der Waals surface area contributed by atoms with E-state index in [1.165, 1.54) is 6.92 Å². The number of carboxylic acid groups (broad SMARTS) is 1. The Kier molecular flexibility index (Phi) is 24.4. The Hall–Kier alpha value is -10.6. The molecule has 0 radical (unpaired) electrons. The number of phenols is 3. The summed E-state index contributed by atoms with van der Waals surface area (Å²) in [6, 6.07) is 10.8. The van der Waals surface area contributed by atoms with Crippen molar-refractivity contribution in [3.63, 3.8) is 0 Å². The summed E-state index contributed by atoms with van der Waals surface area (Å²) in [4.78, 5) is 12.5. The Morgan fingerprint density at radius 2 is 0.982 bits per heavy atom. The fraction of sp³-hybridized carbons (Fsp3) is 0.0755. The van der Waals surface area contributed by atoms with Crippen molar-refractivity contribution in [1.82, 2.24) is 0 Å². The number of ether oxygens (including phenoxy) is 1. The summed E-state index contributed by atoms with van der Waals surface area (Å²) in [6.45, 7) is 1.14. The summed E-state index contributed by atoms with van der Waals surface area (Å²) >= 11 is 0.537. The zero-order valence-corrected chi connectivity index (χ0v) is 60.7. The number of aromatic hydroxyl groups is 3. The zero-order chi connectivity index (χ0) is 81.3. The minimum Gasteiger partial charge on any atom is -0.505 e. The third-order valence-corrected chi connectivity index (χ3v) is 22.2. The summed E-state index contributed by atoms with van der Waals surface area (Å²) < 4.78 is 262. The lowest BCUT2D eigenvalue weighted by molar-refractivity contribution is -0.432. The molecule has 582 valence electrons. The predicted molar refractivity (Wildman–Crippen MR) is 369 cm³/mol. The number of rotatable bonds is 30. The van der Waals surface area contributed by atoms with Crippen LogP contribution in [0.3, 0.4) is 0 Å². The van der Waals surface area contributed by atoms with Gasteiger partial charge < -0.3 is 30.9 Å². The van der Waals surface area contributed by atoms with Crippen LogP contribution in [0.4, 0.5) is 68.2 Å². The Morgan fingerprint density at radius 3 is 1.49 bits per heavy atom. The first-order valence-corrected chi connectivity index (χ1v) is 40.0. The van der Waals surface area contributed by atoms with Crippen molar-refractivity contribution in [3.8, 4) is 23.0 Å². The molecule has 9 aromatic rings. The molecule has 9 aromatic carbocycles. The van der Waals surface area contributed by atoms with Gasteiger partial charge in [0.25, 0.3) is 66.4 Å². The maximum absolute atomic E-state index is 13.4. The quantitative estimate of drug-likeness (QED) is 0.00291. The fourth-order valence-electron chi connectivity index (χ4n) is 9.80. The van der Waals surface area contributed by atoms with Gasteiger partial charge in [0.15, 0.2) is 17.2 Å². The second-order valence-corrected chi connectivity index (χ2v) is 32.6. The summed E-state index contributed by atoms with van der Waals surface area (Å²) in [5.41, 5.74) is -4.45. The van der Waals surface area contributed by atoms with E-state index in [1.54, 1.807) is 0 Å². The van der Waals surface area contributed by atoms with E-state index in [-0.39, 0.29) is 59.6 Å². The van der Waals surface area contributed by atoms with E-state index in [0.29, 0.717) is 72.7 Å². The van der Waals surface area contributed by atoms with Crippen molar-refractivity contribution in [2.45, 2.75) is 52.5 Å². The Bertz CT molecular complexity index is 6420. The molecule has 0 spiro atoms. The molecule has 0 aliphatic heterocycles. The number of non-ortho nitro benzene ring substituents is 1. The number of nitro benzene ring substituents is 1. The standard InChI is InChI=1S/C53H41N13O35S9/c1-21-13-35(37(96-11-2-12-102-100-98-74)19-34(21)60-56-30-8-4-23(110(94,95)97-55)15-28(30)53(70)71)61-65-47-42(107(85,86)87)18-27-25(49(47)68)6-10-33(52(27)109(91,92)93)59-64-46-41(106(82,83)84)17-26-24(48(46)67)5-9-32(51(26)108(88,89)90)58-62-36-20-39(104(76,77)78)29-16-38(103-101-99-75)45(50(69)43(29)44(36)54)63-57-31-7-3-22(66(72)73)14-40(31)105(79,80)81/h3-10,13-20,67-69,74-75H,2,11-12,54-55H2,1H3,(H,70,71)(H,76,77,78)(H,79,80,81)(H,82,83,84)(H,85,86,87)(H,88,89,90)(H,91,92,93). The van der Waals surface area contributed by atoms with Gasteiger partial charge in [-0.25, -0.2) is 15.3 Å². The van der Waals surface area contributed by atoms with Gasteiger partial charge in [-0.1, -0.05) is 10.1 Å². The highest BCUT2D eigenvalue weighted by Gasteiger charge is 2.33. The molecule has 57 heteroatoms. The molecular weight excluding hydrogens is 1670 g/mol. The topological polar surface area (TPSA) is 773 Å². The van der Waals surface area contributed by atoms with Gasteiger partial charge in [0, 0.05) is 62.9 Å². The number of nitro groups is 1. The normalized spacial score (nSPS) is 13.1. The number of nitrogen functional groups attached to an aromatic ring is 1. The van der Waals surface area contributed by atoms with Gasteiger partial charge >= 0.3 is 16.1 Å². The van der Waals surface area contributed by atoms with Crippen LogP contribution in [0, 0.1) is 17.0 Å². The number of benzene rings is 9. The van der Waals surface area contributed by atoms with Gasteiger partial charge in [0.05, 0.1) is 55.7 Å². The maximum atomic E-state index is 13.4. The van der Waals surface area contributed by atoms with Crippen LogP contribution in [0.25, 0.3) is 32.3 Å². The van der Waals surface area contributed by atoms with Crippen molar-refractivity contribution in [2.24, 2.45) is 57.0 Å². The maximum Gasteiger partial charge on any atom is 0.338 e. The van der Waals surface area contributed by atoms with Crippen LogP contribution in [-0.2, 0) is 93.9 Å². The molecule has 9 rings (SSSR count). The molecular formula is C53H41N13O35S9. The third-order valence-electron chi connectivity index (χ3n) is 14.5. The number of fused-ring (bicyclic) bond motifs is 3. The van der Waals surface area contributed by atoms with Crippen LogP contribution in [0.2, 0.25) is 0 Å². The molecule has 48 nitrogen and oxygen atoms in total. The van der Waals surface area contributed by atoms with Crippen molar-refractivity contribution in [2.75, 3.05) is 18.1 Å². The number of carboxylic acids is 1. The van der Waals surface area contributed by atoms with Crippen LogP contribution >= 0.6 is 24.1 Å². The summed E-state index contributed by atoms with van der Waals surface area (Å²) in [5, 5.41) is 113. The number of hydrogen-bond donors (Lipinski definition) is 14. The Morgan fingerprint density at radius 1 is 0.500 bits per heavy atom. The van der Waals surface area contributed by atoms with Crippen LogP contribution in [0.15, 0.2) is 187 Å². The SMILES string of the molecule is Cc1cc(N=Nc2c(S(=O)(=O)O)cc3c(S(=O)(=O)O)c(N=Nc4c(S(=O)(=O)O)cc5c(S(=O)(=O)O)c(N=Nc6cc(S(=O)(=O)O)c7cc(SOOO)c(N=Nc8ccc([N+](=O)[O-])cc8S(=O)(=O)O)c(O)c7c6N)ccc5c4O)ccc3c2O)c(OCCCSOOO)cc1N=Nc1ccc(S(=O)(=O)ON)cc1C(=O)O. The predicted octanol–water partition coefficient (Wildman–Crippen LogP) is 11.2. The molecule has 0 bridgehead atoms. The molecule has 110 heavy (non-hydrogen) atoms. The average Bonchev–Trinajstić information content (AvgIpc) is 0.747. The number of carbonyl (C=O) groups is 1. The lowest BCUT2D eigenvalue weighted by Crippen LogP contribution is -2.12. The Labute approximate surface area is 621 Å². The van der Waals surface area contributed by atoms with Gasteiger partial charge in [-0.15, -0.1) is 54.7 Å². The summed E-state index contributed by atoms with van der Waals surface area (Å²) in [7, 11) is -38.9. The highest BCUT2D eigenvalue weighted by Crippen LogP contribution is 2.53. The number of azo groups is 5. The first-order valence-electron chi connectivity index (χ1n) is 28.3. The minimum absolute atomic E-state index is 0.0795. The lowest BCUT2D eigenvalue weighted by Gasteiger charge is -2.15. The van der Waals surface area contributed by atoms with Gasteiger partial charge in [0.1, 0.15) is 86.3 Å². The number of aryl methyl sites for hydroxylation is 1. The van der Waals surface area contributed by atoms with Crippen LogP contribution < -0.4 is 16.4 Å². The van der Waals surface area contributed by atoms with Crippen molar-refractivity contribution in [1.29, 1.82) is 0 Å². The van der Waals surface area contributed by atoms with E-state index in [9.17, 15) is 122 Å². The van der Waals surface area contributed by atoms with Gasteiger partial charge in [-0.05, 0) is 97.8 Å². The summed E-state index contributed by atoms with van der Waals surface area (Å²) in [6.07, 6.45) is 0.106. The van der Waals surface area contributed by atoms with Crippen LogP contribution in [-0.4, -0.2) is 140 Å². The second-order valence-electron chi connectivity index (χ2n) is 21.3. The largest absolute Gasteiger partial charge is 0.505 e. The van der Waals surface area contributed by atoms with E-state index < -0.39 is 233 Å². The van der Waals surface area contributed by atoms with E-state index in [2.05, 4.69) is 74.2 Å². The highest BCUT2D eigenvalue weighted by atomic mass is 32.2.